The maximum Gasteiger partial charge on any atom is 0.414 e. The van der Waals surface area contributed by atoms with Crippen molar-refractivity contribution in [1.29, 1.82) is 0 Å². The smallest absolute Gasteiger partial charge is 0.326 e. The molecule has 0 unspecified atom stereocenters. The molecule has 0 saturated carbocycles. The molecule has 1 aliphatic rings. The van der Waals surface area contributed by atoms with Crippen LogP contribution in [0.15, 0.2) is 22.8 Å². The number of sulfone groups is 1. The standard InChI is InChI=1S/C15H18BrF3N2O3S/c1-2-21(14(22)10-5-7-25(23,24)8-6-10)13(15(17,18)19)12-4-3-11(16)9-20-12/h3-4,9-10,13H,2,5-8H2,1H3/t13-/m0/s1. The molecule has 1 aromatic rings. The summed E-state index contributed by atoms with van der Waals surface area (Å²) in [6, 6.07) is 0.507. The predicted octanol–water partition coefficient (Wildman–Crippen LogP) is 3.12. The largest absolute Gasteiger partial charge is 0.414 e. The Morgan fingerprint density at radius 1 is 1.36 bits per heavy atom. The Morgan fingerprint density at radius 2 is 1.96 bits per heavy atom. The van der Waals surface area contributed by atoms with E-state index in [1.165, 1.54) is 25.3 Å². The number of carbonyl (C=O) groups is 1. The number of rotatable bonds is 4. The molecule has 1 amide bonds. The second-order valence-electron chi connectivity index (χ2n) is 5.90. The van der Waals surface area contributed by atoms with Gasteiger partial charge in [-0.3, -0.25) is 9.78 Å². The summed E-state index contributed by atoms with van der Waals surface area (Å²) in [6.07, 6.45) is -3.33. The summed E-state index contributed by atoms with van der Waals surface area (Å²) in [7, 11) is -3.20. The summed E-state index contributed by atoms with van der Waals surface area (Å²) < 4.78 is 64.5. The van der Waals surface area contributed by atoms with Crippen LogP contribution in [0.5, 0.6) is 0 Å². The number of alkyl halides is 3. The molecule has 1 saturated heterocycles. The van der Waals surface area contributed by atoms with Crippen molar-refractivity contribution >= 4 is 31.7 Å². The van der Waals surface area contributed by atoms with Crippen molar-refractivity contribution in [3.8, 4) is 0 Å². The monoisotopic (exact) mass is 442 g/mol. The Bertz CT molecular complexity index is 709. The van der Waals surface area contributed by atoms with Gasteiger partial charge in [0.05, 0.1) is 17.2 Å². The summed E-state index contributed by atoms with van der Waals surface area (Å²) in [5, 5.41) is 0. The van der Waals surface area contributed by atoms with E-state index in [4.69, 9.17) is 0 Å². The number of aromatic nitrogens is 1. The van der Waals surface area contributed by atoms with E-state index in [0.717, 1.165) is 4.90 Å². The molecular formula is C15H18BrF3N2O3S. The van der Waals surface area contributed by atoms with Gasteiger partial charge in [-0.2, -0.15) is 13.2 Å². The highest BCUT2D eigenvalue weighted by Crippen LogP contribution is 2.38. The number of halogens is 4. The molecule has 2 heterocycles. The van der Waals surface area contributed by atoms with E-state index in [9.17, 15) is 26.4 Å². The van der Waals surface area contributed by atoms with Gasteiger partial charge < -0.3 is 4.90 Å². The lowest BCUT2D eigenvalue weighted by Gasteiger charge is -2.35. The molecule has 0 aliphatic carbocycles. The quantitative estimate of drug-likeness (QED) is 0.718. The second kappa shape index (κ2) is 7.61. The van der Waals surface area contributed by atoms with Gasteiger partial charge in [-0.05, 0) is 47.8 Å². The van der Waals surface area contributed by atoms with Gasteiger partial charge in [0.2, 0.25) is 5.91 Å². The minimum Gasteiger partial charge on any atom is -0.326 e. The van der Waals surface area contributed by atoms with Crippen molar-refractivity contribution in [3.05, 3.63) is 28.5 Å². The van der Waals surface area contributed by atoms with Crippen LogP contribution in [0.2, 0.25) is 0 Å². The zero-order valence-corrected chi connectivity index (χ0v) is 15.9. The van der Waals surface area contributed by atoms with Crippen LogP contribution in [0.1, 0.15) is 31.5 Å². The summed E-state index contributed by atoms with van der Waals surface area (Å²) in [6.45, 7) is 1.32. The first kappa shape index (κ1) is 20.2. The van der Waals surface area contributed by atoms with E-state index in [0.29, 0.717) is 4.47 Å². The molecule has 0 spiro atoms. The van der Waals surface area contributed by atoms with Crippen molar-refractivity contribution in [2.45, 2.75) is 32.0 Å². The Balaban J connectivity index is 2.30. The van der Waals surface area contributed by atoms with Gasteiger partial charge in [0, 0.05) is 23.1 Å². The van der Waals surface area contributed by atoms with E-state index in [1.807, 2.05) is 0 Å². The van der Waals surface area contributed by atoms with E-state index in [1.54, 1.807) is 0 Å². The predicted molar refractivity (Wildman–Crippen MR) is 89.5 cm³/mol. The maximum atomic E-state index is 13.7. The minimum absolute atomic E-state index is 0.0516. The zero-order valence-electron chi connectivity index (χ0n) is 13.5. The third kappa shape index (κ3) is 4.93. The SMILES string of the molecule is CCN(C(=O)C1CCS(=O)(=O)CC1)[C@@H](c1ccc(Br)cn1)C(F)(F)F. The molecule has 0 bridgehead atoms. The van der Waals surface area contributed by atoms with Gasteiger partial charge in [-0.25, -0.2) is 8.42 Å². The summed E-state index contributed by atoms with van der Waals surface area (Å²) in [5.41, 5.74) is -0.269. The first-order valence-electron chi connectivity index (χ1n) is 7.74. The average molecular weight is 443 g/mol. The fourth-order valence-electron chi connectivity index (χ4n) is 2.89. The van der Waals surface area contributed by atoms with Gasteiger partial charge in [0.25, 0.3) is 0 Å². The second-order valence-corrected chi connectivity index (χ2v) is 9.12. The van der Waals surface area contributed by atoms with Crippen LogP contribution in [0, 0.1) is 5.92 Å². The van der Waals surface area contributed by atoms with Gasteiger partial charge in [0.15, 0.2) is 6.04 Å². The average Bonchev–Trinajstić information content (AvgIpc) is 2.52. The number of carbonyl (C=O) groups excluding carboxylic acids is 1. The van der Waals surface area contributed by atoms with Crippen molar-refractivity contribution in [2.24, 2.45) is 5.92 Å². The molecule has 140 valence electrons. The van der Waals surface area contributed by atoms with Gasteiger partial charge >= 0.3 is 6.18 Å². The van der Waals surface area contributed by atoms with E-state index in [-0.39, 0.29) is 36.6 Å². The van der Waals surface area contributed by atoms with E-state index >= 15 is 0 Å². The summed E-state index contributed by atoms with van der Waals surface area (Å²) in [5.74, 6) is -1.74. The molecule has 5 nitrogen and oxygen atoms in total. The topological polar surface area (TPSA) is 67.3 Å². The molecule has 10 heteroatoms. The highest BCUT2D eigenvalue weighted by Gasteiger charge is 2.48. The third-order valence-electron chi connectivity index (χ3n) is 4.18. The molecule has 1 atom stereocenters. The van der Waals surface area contributed by atoms with Crippen molar-refractivity contribution in [2.75, 3.05) is 18.1 Å². The van der Waals surface area contributed by atoms with E-state index in [2.05, 4.69) is 20.9 Å². The van der Waals surface area contributed by atoms with Crippen LogP contribution in [0.4, 0.5) is 13.2 Å². The van der Waals surface area contributed by atoms with Gasteiger partial charge in [-0.1, -0.05) is 0 Å². The Morgan fingerprint density at radius 3 is 2.40 bits per heavy atom. The van der Waals surface area contributed by atoms with Crippen LogP contribution in [-0.2, 0) is 14.6 Å². The highest BCUT2D eigenvalue weighted by atomic mass is 79.9. The molecule has 0 radical (unpaired) electrons. The normalized spacial score (nSPS) is 19.4. The lowest BCUT2D eigenvalue weighted by molar-refractivity contribution is -0.194. The molecule has 1 aliphatic heterocycles. The van der Waals surface area contributed by atoms with Crippen LogP contribution < -0.4 is 0 Å². The van der Waals surface area contributed by atoms with Crippen molar-refractivity contribution in [1.82, 2.24) is 9.88 Å². The number of hydrogen-bond donors (Lipinski definition) is 0. The molecule has 2 rings (SSSR count). The van der Waals surface area contributed by atoms with Gasteiger partial charge in [-0.15, -0.1) is 0 Å². The first-order valence-corrected chi connectivity index (χ1v) is 10.4. The van der Waals surface area contributed by atoms with E-state index < -0.39 is 33.9 Å². The minimum atomic E-state index is -4.69. The fraction of sp³-hybridized carbons (Fsp3) is 0.600. The Labute approximate surface area is 152 Å². The summed E-state index contributed by atoms with van der Waals surface area (Å²) >= 11 is 3.12. The molecule has 1 fully saturated rings. The fourth-order valence-corrected chi connectivity index (χ4v) is 4.62. The molecule has 25 heavy (non-hydrogen) atoms. The van der Waals surface area contributed by atoms with Crippen LogP contribution in [0.25, 0.3) is 0 Å². The lowest BCUT2D eigenvalue weighted by Crippen LogP contribution is -2.46. The Kier molecular flexibility index (Phi) is 6.13. The van der Waals surface area contributed by atoms with Crippen molar-refractivity contribution in [3.63, 3.8) is 0 Å². The van der Waals surface area contributed by atoms with Gasteiger partial charge in [0.1, 0.15) is 9.84 Å². The van der Waals surface area contributed by atoms with Crippen LogP contribution in [-0.4, -0.2) is 48.4 Å². The zero-order chi connectivity index (χ0) is 18.8. The first-order chi connectivity index (χ1) is 11.5. The molecular weight excluding hydrogens is 425 g/mol. The van der Waals surface area contributed by atoms with Crippen LogP contribution in [0.3, 0.4) is 0 Å². The number of pyridine rings is 1. The number of amides is 1. The van der Waals surface area contributed by atoms with Crippen molar-refractivity contribution < 1.29 is 26.4 Å². The molecule has 0 N–H and O–H groups in total. The van der Waals surface area contributed by atoms with Crippen LogP contribution >= 0.6 is 15.9 Å². The summed E-state index contributed by atoms with van der Waals surface area (Å²) in [4.78, 5) is 17.2. The number of hydrogen-bond acceptors (Lipinski definition) is 4. The third-order valence-corrected chi connectivity index (χ3v) is 6.36. The highest BCUT2D eigenvalue weighted by molar-refractivity contribution is 9.10. The Hall–Kier alpha value is -1.16. The number of nitrogens with zero attached hydrogens (tertiary/aromatic N) is 2. The maximum absolute atomic E-state index is 13.7. The lowest BCUT2D eigenvalue weighted by atomic mass is 9.99. The molecule has 1 aromatic heterocycles. The molecule has 0 aromatic carbocycles.